The van der Waals surface area contributed by atoms with Gasteiger partial charge in [0.25, 0.3) is 5.91 Å². The topological polar surface area (TPSA) is 63.8 Å². The van der Waals surface area contributed by atoms with E-state index in [-0.39, 0.29) is 17.9 Å². The summed E-state index contributed by atoms with van der Waals surface area (Å²) in [6.45, 7) is 7.97. The first-order valence-corrected chi connectivity index (χ1v) is 7.47. The third-order valence-corrected chi connectivity index (χ3v) is 3.28. The number of benzene rings is 1. The van der Waals surface area contributed by atoms with Crippen LogP contribution in [0.4, 0.5) is 0 Å². The highest BCUT2D eigenvalue weighted by atomic mass is 16.5. The summed E-state index contributed by atoms with van der Waals surface area (Å²) in [7, 11) is 0. The average molecular weight is 314 g/mol. The molecule has 2 aromatic rings. The molecule has 0 fully saturated rings. The summed E-state index contributed by atoms with van der Waals surface area (Å²) in [5.41, 5.74) is 4.06. The minimum Gasteiger partial charge on any atom is -0.483 e. The van der Waals surface area contributed by atoms with Crippen molar-refractivity contribution in [2.24, 2.45) is 5.10 Å². The van der Waals surface area contributed by atoms with Gasteiger partial charge in [0.15, 0.2) is 6.61 Å². The zero-order valence-electron chi connectivity index (χ0n) is 13.9. The quantitative estimate of drug-likeness (QED) is 0.678. The molecule has 1 heterocycles. The van der Waals surface area contributed by atoms with E-state index in [2.05, 4.69) is 31.3 Å². The van der Waals surface area contributed by atoms with E-state index in [1.165, 1.54) is 0 Å². The molecule has 23 heavy (non-hydrogen) atoms. The Morgan fingerprint density at radius 1 is 1.22 bits per heavy atom. The lowest BCUT2D eigenvalue weighted by Crippen LogP contribution is -2.26. The zero-order valence-corrected chi connectivity index (χ0v) is 13.9. The predicted octanol–water partition coefficient (Wildman–Crippen LogP) is 3.50. The molecule has 122 valence electrons. The lowest BCUT2D eigenvalue weighted by molar-refractivity contribution is -0.123. The van der Waals surface area contributed by atoms with Crippen molar-refractivity contribution in [1.82, 2.24) is 5.43 Å². The molecule has 0 radical (unpaired) electrons. The first-order chi connectivity index (χ1) is 10.9. The minimum atomic E-state index is -0.320. The molecule has 1 amide bonds. The average Bonchev–Trinajstić information content (AvgIpc) is 3.04. The van der Waals surface area contributed by atoms with Gasteiger partial charge in [0.05, 0.1) is 6.26 Å². The van der Waals surface area contributed by atoms with Gasteiger partial charge in [-0.3, -0.25) is 4.79 Å². The molecular weight excluding hydrogens is 292 g/mol. The SMILES string of the molecule is C/C(=N/NC(=O)COc1ccccc1C(C)(C)C)c1ccco1. The maximum absolute atomic E-state index is 11.9. The van der Waals surface area contributed by atoms with Crippen LogP contribution in [-0.2, 0) is 10.2 Å². The Bertz CT molecular complexity index is 683. The highest BCUT2D eigenvalue weighted by Gasteiger charge is 2.18. The van der Waals surface area contributed by atoms with Gasteiger partial charge in [0, 0.05) is 0 Å². The fourth-order valence-electron chi connectivity index (χ4n) is 2.07. The van der Waals surface area contributed by atoms with Crippen LogP contribution in [0.2, 0.25) is 0 Å². The van der Waals surface area contributed by atoms with Crippen molar-refractivity contribution in [2.75, 3.05) is 6.61 Å². The number of nitrogens with one attached hydrogen (secondary N) is 1. The zero-order chi connectivity index (χ0) is 16.9. The normalized spacial score (nSPS) is 12.1. The molecule has 5 heteroatoms. The molecule has 0 spiro atoms. The van der Waals surface area contributed by atoms with Crippen molar-refractivity contribution in [2.45, 2.75) is 33.1 Å². The monoisotopic (exact) mass is 314 g/mol. The molecule has 0 aliphatic carbocycles. The molecule has 1 aromatic carbocycles. The van der Waals surface area contributed by atoms with Crippen LogP contribution in [0.3, 0.4) is 0 Å². The summed E-state index contributed by atoms with van der Waals surface area (Å²) in [6, 6.07) is 11.3. The summed E-state index contributed by atoms with van der Waals surface area (Å²) in [5, 5.41) is 3.99. The Hall–Kier alpha value is -2.56. The van der Waals surface area contributed by atoms with Crippen LogP contribution in [0.15, 0.2) is 52.2 Å². The third-order valence-electron chi connectivity index (χ3n) is 3.28. The second-order valence-electron chi connectivity index (χ2n) is 6.24. The van der Waals surface area contributed by atoms with Gasteiger partial charge in [-0.2, -0.15) is 5.10 Å². The summed E-state index contributed by atoms with van der Waals surface area (Å²) < 4.78 is 10.8. The van der Waals surface area contributed by atoms with Crippen LogP contribution in [0.25, 0.3) is 0 Å². The minimum absolute atomic E-state index is 0.0545. The highest BCUT2D eigenvalue weighted by molar-refractivity contribution is 5.96. The Kier molecular flexibility index (Phi) is 5.21. The molecule has 0 aliphatic heterocycles. The van der Waals surface area contributed by atoms with Gasteiger partial charge in [-0.1, -0.05) is 39.0 Å². The standard InChI is InChI=1S/C18H22N2O3/c1-13(15-10-7-11-22-15)19-20-17(21)12-23-16-9-6-5-8-14(16)18(2,3)4/h5-11H,12H2,1-4H3,(H,20,21)/b19-13-. The van der Waals surface area contributed by atoms with Crippen LogP contribution in [0, 0.1) is 0 Å². The van der Waals surface area contributed by atoms with E-state index in [0.717, 1.165) is 5.56 Å². The fraction of sp³-hybridized carbons (Fsp3) is 0.333. The van der Waals surface area contributed by atoms with Gasteiger partial charge in [0.2, 0.25) is 0 Å². The number of para-hydroxylation sites is 1. The lowest BCUT2D eigenvalue weighted by atomic mass is 9.86. The molecule has 1 N–H and O–H groups in total. The van der Waals surface area contributed by atoms with Gasteiger partial charge in [-0.05, 0) is 36.1 Å². The van der Waals surface area contributed by atoms with E-state index < -0.39 is 0 Å². The Morgan fingerprint density at radius 2 is 1.96 bits per heavy atom. The number of rotatable bonds is 5. The molecule has 0 saturated heterocycles. The predicted molar refractivity (Wildman–Crippen MR) is 89.7 cm³/mol. The molecule has 0 aliphatic rings. The van der Waals surface area contributed by atoms with Crippen molar-refractivity contribution < 1.29 is 13.9 Å². The number of amides is 1. The number of nitrogens with zero attached hydrogens (tertiary/aromatic N) is 1. The number of furan rings is 1. The van der Waals surface area contributed by atoms with E-state index in [4.69, 9.17) is 9.15 Å². The Morgan fingerprint density at radius 3 is 2.61 bits per heavy atom. The molecule has 0 unspecified atom stereocenters. The number of carbonyl (C=O) groups is 1. The molecule has 1 aromatic heterocycles. The van der Waals surface area contributed by atoms with Crippen LogP contribution in [0.1, 0.15) is 39.0 Å². The molecule has 2 rings (SSSR count). The van der Waals surface area contributed by atoms with Gasteiger partial charge in [-0.15, -0.1) is 0 Å². The number of ether oxygens (including phenoxy) is 1. The molecule has 0 saturated carbocycles. The van der Waals surface area contributed by atoms with Crippen molar-refractivity contribution in [1.29, 1.82) is 0 Å². The van der Waals surface area contributed by atoms with E-state index in [9.17, 15) is 4.79 Å². The van der Waals surface area contributed by atoms with E-state index >= 15 is 0 Å². The molecular formula is C18H22N2O3. The highest BCUT2D eigenvalue weighted by Crippen LogP contribution is 2.30. The van der Waals surface area contributed by atoms with Crippen molar-refractivity contribution in [3.63, 3.8) is 0 Å². The lowest BCUT2D eigenvalue weighted by Gasteiger charge is -2.22. The number of hydrazone groups is 1. The fourth-order valence-corrected chi connectivity index (χ4v) is 2.07. The first-order valence-electron chi connectivity index (χ1n) is 7.47. The van der Waals surface area contributed by atoms with Crippen molar-refractivity contribution in [3.05, 3.63) is 54.0 Å². The maximum atomic E-state index is 11.9. The number of hydrogen-bond donors (Lipinski definition) is 1. The summed E-state index contributed by atoms with van der Waals surface area (Å²) in [6.07, 6.45) is 1.56. The van der Waals surface area contributed by atoms with Crippen molar-refractivity contribution >= 4 is 11.6 Å². The van der Waals surface area contributed by atoms with Crippen LogP contribution < -0.4 is 10.2 Å². The van der Waals surface area contributed by atoms with E-state index in [0.29, 0.717) is 17.2 Å². The van der Waals surface area contributed by atoms with E-state index in [1.807, 2.05) is 24.3 Å². The largest absolute Gasteiger partial charge is 0.483 e. The third kappa shape index (κ3) is 4.71. The first kappa shape index (κ1) is 16.8. The Labute approximate surface area is 136 Å². The van der Waals surface area contributed by atoms with Gasteiger partial charge >= 0.3 is 0 Å². The van der Waals surface area contributed by atoms with Gasteiger partial charge in [-0.25, -0.2) is 5.43 Å². The summed E-state index contributed by atoms with van der Waals surface area (Å²) >= 11 is 0. The van der Waals surface area contributed by atoms with Gasteiger partial charge < -0.3 is 9.15 Å². The van der Waals surface area contributed by atoms with E-state index in [1.54, 1.807) is 25.3 Å². The summed E-state index contributed by atoms with van der Waals surface area (Å²) in [5.74, 6) is 1.01. The maximum Gasteiger partial charge on any atom is 0.277 e. The Balaban J connectivity index is 1.94. The van der Waals surface area contributed by atoms with Gasteiger partial charge in [0.1, 0.15) is 17.2 Å². The second-order valence-corrected chi connectivity index (χ2v) is 6.24. The smallest absolute Gasteiger partial charge is 0.277 e. The molecule has 5 nitrogen and oxygen atoms in total. The molecule has 0 atom stereocenters. The summed E-state index contributed by atoms with van der Waals surface area (Å²) in [4.78, 5) is 11.9. The number of carbonyl (C=O) groups excluding carboxylic acids is 1. The van der Waals surface area contributed by atoms with Crippen LogP contribution >= 0.6 is 0 Å². The second kappa shape index (κ2) is 7.13. The van der Waals surface area contributed by atoms with Crippen LogP contribution in [0.5, 0.6) is 5.75 Å². The number of hydrogen-bond acceptors (Lipinski definition) is 4. The van der Waals surface area contributed by atoms with Crippen molar-refractivity contribution in [3.8, 4) is 5.75 Å². The van der Waals surface area contributed by atoms with Crippen LogP contribution in [-0.4, -0.2) is 18.2 Å². The molecule has 0 bridgehead atoms.